The molecule has 1 N–H and O–H groups in total. The third kappa shape index (κ3) is 3.88. The quantitative estimate of drug-likeness (QED) is 0.775. The van der Waals surface area contributed by atoms with Crippen LogP contribution in [0.3, 0.4) is 0 Å². The minimum Gasteiger partial charge on any atom is -0.343 e. The molecule has 2 aromatic carbocycles. The molecule has 0 fully saturated rings. The van der Waals surface area contributed by atoms with E-state index in [2.05, 4.69) is 15.5 Å². The van der Waals surface area contributed by atoms with Crippen LogP contribution in [0.5, 0.6) is 0 Å². The van der Waals surface area contributed by atoms with Crippen molar-refractivity contribution >= 4 is 29.1 Å². The first-order valence-corrected chi connectivity index (χ1v) is 7.50. The third-order valence-electron chi connectivity index (χ3n) is 3.06. The fourth-order valence-electron chi connectivity index (χ4n) is 1.93. The Balaban J connectivity index is 1.65. The molecule has 0 aliphatic rings. The number of benzene rings is 2. The molecule has 0 atom stereocenters. The van der Waals surface area contributed by atoms with Crippen molar-refractivity contribution in [3.05, 3.63) is 70.0 Å². The second kappa shape index (κ2) is 6.81. The van der Waals surface area contributed by atoms with Gasteiger partial charge in [-0.3, -0.25) is 4.79 Å². The molecule has 1 aromatic heterocycles. The lowest BCUT2D eigenvalue weighted by Crippen LogP contribution is -2.22. The van der Waals surface area contributed by atoms with E-state index in [1.54, 1.807) is 48.5 Å². The van der Waals surface area contributed by atoms with Crippen LogP contribution < -0.4 is 5.32 Å². The van der Waals surface area contributed by atoms with E-state index < -0.39 is 0 Å². The number of nitrogens with one attached hydrogen (secondary N) is 1. The minimum absolute atomic E-state index is 0.131. The van der Waals surface area contributed by atoms with Crippen molar-refractivity contribution in [1.29, 1.82) is 0 Å². The molecule has 23 heavy (non-hydrogen) atoms. The zero-order valence-electron chi connectivity index (χ0n) is 11.8. The van der Waals surface area contributed by atoms with Crippen molar-refractivity contribution in [2.75, 3.05) is 0 Å². The maximum atomic E-state index is 12.0. The van der Waals surface area contributed by atoms with Crippen LogP contribution in [0.1, 0.15) is 16.2 Å². The summed E-state index contributed by atoms with van der Waals surface area (Å²) in [5, 5.41) is 7.71. The average Bonchev–Trinajstić information content (AvgIpc) is 3.02. The van der Waals surface area contributed by atoms with Gasteiger partial charge in [-0.15, -0.1) is 0 Å². The molecule has 0 spiro atoms. The first-order chi connectivity index (χ1) is 11.1. The first kappa shape index (κ1) is 15.5. The van der Waals surface area contributed by atoms with Gasteiger partial charge >= 0.3 is 0 Å². The van der Waals surface area contributed by atoms with Gasteiger partial charge in [0.2, 0.25) is 11.7 Å². The predicted octanol–water partition coefficient (Wildman–Crippen LogP) is 3.97. The van der Waals surface area contributed by atoms with Crippen LogP contribution >= 0.6 is 23.2 Å². The molecule has 116 valence electrons. The largest absolute Gasteiger partial charge is 0.343 e. The number of halogens is 2. The van der Waals surface area contributed by atoms with Gasteiger partial charge in [0.1, 0.15) is 0 Å². The molecule has 5 nitrogen and oxygen atoms in total. The third-order valence-corrected chi connectivity index (χ3v) is 3.54. The van der Waals surface area contributed by atoms with E-state index in [1.165, 1.54) is 0 Å². The number of rotatable bonds is 4. The number of amides is 1. The molecule has 0 unspecified atom stereocenters. The maximum absolute atomic E-state index is 12.0. The van der Waals surface area contributed by atoms with Crippen LogP contribution in [0.15, 0.2) is 53.1 Å². The Morgan fingerprint density at radius 3 is 2.61 bits per heavy atom. The van der Waals surface area contributed by atoms with Gasteiger partial charge in [0.15, 0.2) is 0 Å². The summed E-state index contributed by atoms with van der Waals surface area (Å²) >= 11 is 11.7. The number of hydrogen-bond acceptors (Lipinski definition) is 4. The summed E-state index contributed by atoms with van der Waals surface area (Å²) in [6, 6.07) is 13.8. The van der Waals surface area contributed by atoms with Crippen LogP contribution in [-0.4, -0.2) is 16.0 Å². The minimum atomic E-state index is -0.265. The van der Waals surface area contributed by atoms with E-state index in [0.717, 1.165) is 5.56 Å². The van der Waals surface area contributed by atoms with Crippen molar-refractivity contribution < 1.29 is 9.32 Å². The summed E-state index contributed by atoms with van der Waals surface area (Å²) in [5.41, 5.74) is 1.25. The van der Waals surface area contributed by atoms with Gasteiger partial charge in [-0.25, -0.2) is 0 Å². The van der Waals surface area contributed by atoms with Crippen LogP contribution in [0.2, 0.25) is 10.0 Å². The highest BCUT2D eigenvalue weighted by atomic mass is 35.5. The molecule has 7 heteroatoms. The molecule has 0 aliphatic carbocycles. The van der Waals surface area contributed by atoms with Gasteiger partial charge in [0.25, 0.3) is 5.91 Å². The number of nitrogens with zero attached hydrogens (tertiary/aromatic N) is 2. The van der Waals surface area contributed by atoms with E-state index in [0.29, 0.717) is 27.3 Å². The SMILES string of the molecule is O=C(NCc1nc(-c2ccc(Cl)cc2)no1)c1cccc(Cl)c1. The number of carbonyl (C=O) groups is 1. The van der Waals surface area contributed by atoms with Crippen LogP contribution in [0, 0.1) is 0 Å². The van der Waals surface area contributed by atoms with Crippen molar-refractivity contribution in [1.82, 2.24) is 15.5 Å². The Hall–Kier alpha value is -2.37. The number of carbonyl (C=O) groups excluding carboxylic acids is 1. The van der Waals surface area contributed by atoms with E-state index in [1.807, 2.05) is 0 Å². The number of aromatic nitrogens is 2. The Labute approximate surface area is 142 Å². The molecule has 0 aliphatic heterocycles. The maximum Gasteiger partial charge on any atom is 0.251 e. The molecular weight excluding hydrogens is 337 g/mol. The van der Waals surface area contributed by atoms with Gasteiger partial charge in [-0.2, -0.15) is 4.98 Å². The highest BCUT2D eigenvalue weighted by molar-refractivity contribution is 6.31. The Kier molecular flexibility index (Phi) is 4.60. The number of hydrogen-bond donors (Lipinski definition) is 1. The summed E-state index contributed by atoms with van der Waals surface area (Å²) in [6.45, 7) is 0.131. The van der Waals surface area contributed by atoms with Crippen LogP contribution in [0.4, 0.5) is 0 Å². The molecule has 0 bridgehead atoms. The molecule has 1 heterocycles. The fourth-order valence-corrected chi connectivity index (χ4v) is 2.25. The zero-order valence-corrected chi connectivity index (χ0v) is 13.3. The zero-order chi connectivity index (χ0) is 16.2. The summed E-state index contributed by atoms with van der Waals surface area (Å²) in [7, 11) is 0. The topological polar surface area (TPSA) is 68.0 Å². The molecule has 3 aromatic rings. The van der Waals surface area contributed by atoms with E-state index in [4.69, 9.17) is 27.7 Å². The van der Waals surface area contributed by atoms with Gasteiger partial charge in [-0.05, 0) is 42.5 Å². The standard InChI is InChI=1S/C16H11Cl2N3O2/c17-12-6-4-10(5-7-12)15-20-14(23-21-15)9-19-16(22)11-2-1-3-13(18)8-11/h1-8H,9H2,(H,19,22). The van der Waals surface area contributed by atoms with Gasteiger partial charge in [0, 0.05) is 21.2 Å². The predicted molar refractivity (Wildman–Crippen MR) is 87.4 cm³/mol. The fraction of sp³-hybridized carbons (Fsp3) is 0.0625. The lowest BCUT2D eigenvalue weighted by molar-refractivity contribution is 0.0946. The molecule has 1 amide bonds. The highest BCUT2D eigenvalue weighted by Gasteiger charge is 2.11. The lowest BCUT2D eigenvalue weighted by Gasteiger charge is -2.02. The van der Waals surface area contributed by atoms with Gasteiger partial charge < -0.3 is 9.84 Å². The average molecular weight is 348 g/mol. The van der Waals surface area contributed by atoms with Crippen molar-refractivity contribution in [3.63, 3.8) is 0 Å². The van der Waals surface area contributed by atoms with Gasteiger partial charge in [0.05, 0.1) is 6.54 Å². The smallest absolute Gasteiger partial charge is 0.251 e. The molecule has 0 saturated carbocycles. The monoisotopic (exact) mass is 347 g/mol. The van der Waals surface area contributed by atoms with Crippen LogP contribution in [-0.2, 0) is 6.54 Å². The first-order valence-electron chi connectivity index (χ1n) is 6.74. The van der Waals surface area contributed by atoms with E-state index >= 15 is 0 Å². The molecular formula is C16H11Cl2N3O2. The van der Waals surface area contributed by atoms with Gasteiger partial charge in [-0.1, -0.05) is 34.4 Å². The normalized spacial score (nSPS) is 10.5. The lowest BCUT2D eigenvalue weighted by atomic mass is 10.2. The molecule has 0 radical (unpaired) electrons. The Morgan fingerprint density at radius 1 is 1.09 bits per heavy atom. The summed E-state index contributed by atoms with van der Waals surface area (Å²) in [4.78, 5) is 16.2. The summed E-state index contributed by atoms with van der Waals surface area (Å²) < 4.78 is 5.12. The highest BCUT2D eigenvalue weighted by Crippen LogP contribution is 2.18. The van der Waals surface area contributed by atoms with E-state index in [-0.39, 0.29) is 12.5 Å². The Morgan fingerprint density at radius 2 is 1.87 bits per heavy atom. The Bertz CT molecular complexity index is 831. The van der Waals surface area contributed by atoms with Crippen molar-refractivity contribution in [3.8, 4) is 11.4 Å². The molecule has 3 rings (SSSR count). The molecule has 0 saturated heterocycles. The summed E-state index contributed by atoms with van der Waals surface area (Å²) in [5.74, 6) is 0.484. The van der Waals surface area contributed by atoms with Crippen molar-refractivity contribution in [2.24, 2.45) is 0 Å². The second-order valence-electron chi connectivity index (χ2n) is 4.71. The van der Waals surface area contributed by atoms with Crippen LogP contribution in [0.25, 0.3) is 11.4 Å². The van der Waals surface area contributed by atoms with Crippen molar-refractivity contribution in [2.45, 2.75) is 6.54 Å². The van der Waals surface area contributed by atoms with E-state index in [9.17, 15) is 4.79 Å². The summed E-state index contributed by atoms with van der Waals surface area (Å²) in [6.07, 6.45) is 0. The second-order valence-corrected chi connectivity index (χ2v) is 5.58.